The van der Waals surface area contributed by atoms with E-state index in [2.05, 4.69) is 24.4 Å². The summed E-state index contributed by atoms with van der Waals surface area (Å²) >= 11 is 1.76. The summed E-state index contributed by atoms with van der Waals surface area (Å²) in [5.74, 6) is 0.179. The van der Waals surface area contributed by atoms with E-state index < -0.39 is 0 Å². The first-order chi connectivity index (χ1) is 10.2. The molecule has 1 aliphatic heterocycles. The van der Waals surface area contributed by atoms with E-state index in [-0.39, 0.29) is 12.1 Å². The highest BCUT2D eigenvalue weighted by atomic mass is 32.1. The van der Waals surface area contributed by atoms with Crippen LogP contribution in [0.4, 0.5) is 0 Å². The summed E-state index contributed by atoms with van der Waals surface area (Å²) < 4.78 is 5.96. The minimum Gasteiger partial charge on any atom is -0.376 e. The zero-order chi connectivity index (χ0) is 14.7. The summed E-state index contributed by atoms with van der Waals surface area (Å²) in [4.78, 5) is 16.5. The molecule has 0 aromatic carbocycles. The Morgan fingerprint density at radius 1 is 1.33 bits per heavy atom. The molecule has 21 heavy (non-hydrogen) atoms. The number of ether oxygens (including phenoxy) is 1. The van der Waals surface area contributed by atoms with Gasteiger partial charge in [0, 0.05) is 16.3 Å². The molecular weight excluding hydrogens is 284 g/mol. The van der Waals surface area contributed by atoms with Gasteiger partial charge < -0.3 is 9.64 Å². The van der Waals surface area contributed by atoms with Crippen LogP contribution in [0.5, 0.6) is 0 Å². The molecule has 1 aliphatic carbocycles. The highest BCUT2D eigenvalue weighted by molar-refractivity contribution is 7.12. The molecule has 116 valence electrons. The molecule has 1 aromatic heterocycles. The van der Waals surface area contributed by atoms with Crippen LogP contribution >= 0.6 is 11.3 Å². The zero-order valence-corrected chi connectivity index (χ0v) is 13.5. The largest absolute Gasteiger partial charge is 0.376 e. The molecule has 3 rings (SSSR count). The molecule has 1 N–H and O–H groups in total. The van der Waals surface area contributed by atoms with E-state index in [1.54, 1.807) is 11.3 Å². The summed E-state index contributed by atoms with van der Waals surface area (Å²) in [5.41, 5.74) is 0. The van der Waals surface area contributed by atoms with Gasteiger partial charge in [-0.2, -0.15) is 0 Å². The number of thiophene rings is 1. The van der Waals surface area contributed by atoms with Gasteiger partial charge in [0.2, 0.25) is 5.91 Å². The Balaban J connectivity index is 1.53. The van der Waals surface area contributed by atoms with Crippen LogP contribution in [0.2, 0.25) is 0 Å². The molecule has 0 bridgehead atoms. The Morgan fingerprint density at radius 3 is 2.86 bits per heavy atom. The third-order valence-electron chi connectivity index (χ3n) is 4.35. The van der Waals surface area contributed by atoms with Crippen molar-refractivity contribution in [1.82, 2.24) is 10.2 Å². The average Bonchev–Trinajstić information content (AvgIpc) is 3.07. The van der Waals surface area contributed by atoms with Crippen LogP contribution in [-0.4, -0.2) is 36.6 Å². The van der Waals surface area contributed by atoms with Crippen molar-refractivity contribution in [2.75, 3.05) is 19.7 Å². The molecule has 2 aliphatic rings. The second-order valence-corrected chi connectivity index (χ2v) is 7.27. The number of aryl methyl sites for hydroxylation is 1. The molecule has 0 spiro atoms. The van der Waals surface area contributed by atoms with Gasteiger partial charge >= 0.3 is 0 Å². The number of hydrogen-bond donors (Lipinski definition) is 1. The first-order valence-corrected chi connectivity index (χ1v) is 8.76. The number of carbonyl (C=O) groups excluding carboxylic acids is 1. The van der Waals surface area contributed by atoms with Crippen LogP contribution < -0.4 is 5.32 Å². The fourth-order valence-corrected chi connectivity index (χ4v) is 4.16. The highest BCUT2D eigenvalue weighted by Crippen LogP contribution is 2.28. The third-order valence-corrected chi connectivity index (χ3v) is 5.40. The molecule has 1 amide bonds. The molecule has 2 fully saturated rings. The fraction of sp³-hybridized carbons (Fsp3) is 0.688. The topological polar surface area (TPSA) is 41.6 Å². The van der Waals surface area contributed by atoms with Crippen molar-refractivity contribution in [3.05, 3.63) is 21.9 Å². The maximum atomic E-state index is 12.1. The fourth-order valence-electron chi connectivity index (χ4n) is 3.20. The summed E-state index contributed by atoms with van der Waals surface area (Å²) in [7, 11) is 0. The van der Waals surface area contributed by atoms with Gasteiger partial charge in [0.15, 0.2) is 0 Å². The monoisotopic (exact) mass is 308 g/mol. The first kappa shape index (κ1) is 15.0. The number of nitrogens with one attached hydrogen (secondary N) is 1. The average molecular weight is 308 g/mol. The number of hydrogen-bond acceptors (Lipinski definition) is 4. The van der Waals surface area contributed by atoms with Crippen LogP contribution in [0.25, 0.3) is 0 Å². The standard InChI is InChI=1S/C16H24N2O2S/c1-12-7-8-14(21-12)16-17-11-15(19)18(16)9-10-20-13-5-3-2-4-6-13/h7-8,13,16-17H,2-6,9-11H2,1H3. The SMILES string of the molecule is Cc1ccc(C2NCC(=O)N2CCOC2CCCCC2)s1. The molecule has 4 nitrogen and oxygen atoms in total. The number of nitrogens with zero attached hydrogens (tertiary/aromatic N) is 1. The first-order valence-electron chi connectivity index (χ1n) is 7.95. The van der Waals surface area contributed by atoms with E-state index in [1.165, 1.54) is 41.9 Å². The lowest BCUT2D eigenvalue weighted by atomic mass is 9.98. The van der Waals surface area contributed by atoms with E-state index in [1.807, 2.05) is 4.90 Å². The van der Waals surface area contributed by atoms with E-state index in [0.29, 0.717) is 25.8 Å². The number of rotatable bonds is 5. The zero-order valence-electron chi connectivity index (χ0n) is 12.6. The summed E-state index contributed by atoms with van der Waals surface area (Å²) in [5, 5.41) is 3.31. The van der Waals surface area contributed by atoms with Crippen molar-refractivity contribution >= 4 is 17.2 Å². The van der Waals surface area contributed by atoms with Gasteiger partial charge in [0.1, 0.15) is 6.17 Å². The smallest absolute Gasteiger partial charge is 0.238 e. The second-order valence-electron chi connectivity index (χ2n) is 5.95. The Kier molecular flexibility index (Phi) is 4.93. The maximum Gasteiger partial charge on any atom is 0.238 e. The Labute approximate surface area is 130 Å². The van der Waals surface area contributed by atoms with Gasteiger partial charge in [-0.25, -0.2) is 0 Å². The van der Waals surface area contributed by atoms with Crippen molar-refractivity contribution in [1.29, 1.82) is 0 Å². The second kappa shape index (κ2) is 6.90. The minimum atomic E-state index is 0.0335. The van der Waals surface area contributed by atoms with Gasteiger partial charge in [-0.15, -0.1) is 11.3 Å². The Hall–Kier alpha value is -0.910. The molecule has 1 unspecified atom stereocenters. The lowest BCUT2D eigenvalue weighted by molar-refractivity contribution is -0.129. The van der Waals surface area contributed by atoms with Gasteiger partial charge in [0.25, 0.3) is 0 Å². The summed E-state index contributed by atoms with van der Waals surface area (Å²) in [6.07, 6.45) is 6.71. The predicted molar refractivity (Wildman–Crippen MR) is 84.3 cm³/mol. The van der Waals surface area contributed by atoms with Gasteiger partial charge in [-0.1, -0.05) is 19.3 Å². The van der Waals surface area contributed by atoms with Crippen molar-refractivity contribution in [3.63, 3.8) is 0 Å². The van der Waals surface area contributed by atoms with E-state index in [0.717, 1.165) is 0 Å². The molecule has 5 heteroatoms. The molecule has 0 radical (unpaired) electrons. The number of carbonyl (C=O) groups is 1. The predicted octanol–water partition coefficient (Wildman–Crippen LogP) is 2.84. The molecule has 1 atom stereocenters. The third kappa shape index (κ3) is 3.65. The van der Waals surface area contributed by atoms with Gasteiger partial charge in [0.05, 0.1) is 19.3 Å². The quantitative estimate of drug-likeness (QED) is 0.909. The van der Waals surface area contributed by atoms with E-state index in [4.69, 9.17) is 4.74 Å². The molecule has 1 aromatic rings. The van der Waals surface area contributed by atoms with Gasteiger partial charge in [-0.3, -0.25) is 10.1 Å². The summed E-state index contributed by atoms with van der Waals surface area (Å²) in [6, 6.07) is 4.23. The lowest BCUT2D eigenvalue weighted by Gasteiger charge is -2.26. The van der Waals surface area contributed by atoms with E-state index in [9.17, 15) is 4.79 Å². The molecule has 1 saturated heterocycles. The van der Waals surface area contributed by atoms with Crippen LogP contribution in [0, 0.1) is 6.92 Å². The van der Waals surface area contributed by atoms with Crippen LogP contribution in [0.3, 0.4) is 0 Å². The normalized spacial score (nSPS) is 24.0. The summed E-state index contributed by atoms with van der Waals surface area (Å²) in [6.45, 7) is 3.87. The van der Waals surface area contributed by atoms with Crippen molar-refractivity contribution < 1.29 is 9.53 Å². The maximum absolute atomic E-state index is 12.1. The minimum absolute atomic E-state index is 0.0335. The van der Waals surface area contributed by atoms with E-state index >= 15 is 0 Å². The Bertz CT molecular complexity index is 482. The molecule has 1 saturated carbocycles. The van der Waals surface area contributed by atoms with Crippen LogP contribution in [0.15, 0.2) is 12.1 Å². The van der Waals surface area contributed by atoms with Crippen molar-refractivity contribution in [3.8, 4) is 0 Å². The molecular formula is C16H24N2O2S. The van der Waals surface area contributed by atoms with Crippen molar-refractivity contribution in [2.24, 2.45) is 0 Å². The number of amides is 1. The van der Waals surface area contributed by atoms with Crippen LogP contribution in [-0.2, 0) is 9.53 Å². The lowest BCUT2D eigenvalue weighted by Crippen LogP contribution is -2.34. The van der Waals surface area contributed by atoms with Crippen LogP contribution in [0.1, 0.15) is 48.0 Å². The highest BCUT2D eigenvalue weighted by Gasteiger charge is 2.32. The van der Waals surface area contributed by atoms with Gasteiger partial charge in [-0.05, 0) is 31.9 Å². The van der Waals surface area contributed by atoms with Crippen molar-refractivity contribution in [2.45, 2.75) is 51.3 Å². The Morgan fingerprint density at radius 2 is 2.14 bits per heavy atom. The molecule has 2 heterocycles.